The predicted octanol–water partition coefficient (Wildman–Crippen LogP) is 0.930. The highest BCUT2D eigenvalue weighted by molar-refractivity contribution is 7.89. The number of aromatic nitrogens is 2. The summed E-state index contributed by atoms with van der Waals surface area (Å²) in [7, 11) is -3.77. The Morgan fingerprint density at radius 1 is 1.17 bits per heavy atom. The molecule has 0 unspecified atom stereocenters. The number of H-pyrrole nitrogens is 1. The van der Waals surface area contributed by atoms with Crippen LogP contribution in [0.2, 0.25) is 0 Å². The van der Waals surface area contributed by atoms with Gasteiger partial charge < -0.3 is 5.32 Å². The summed E-state index contributed by atoms with van der Waals surface area (Å²) < 4.78 is 26.7. The average Bonchev–Trinajstić information content (AvgIpc) is 2.84. The van der Waals surface area contributed by atoms with Crippen LogP contribution in [0.5, 0.6) is 0 Å². The summed E-state index contributed by atoms with van der Waals surface area (Å²) >= 11 is 0. The van der Waals surface area contributed by atoms with Gasteiger partial charge in [0.1, 0.15) is 4.90 Å². The second-order valence-electron chi connectivity index (χ2n) is 5.35. The molecular weight excluding hydrogens is 316 g/mol. The van der Waals surface area contributed by atoms with E-state index in [1.807, 2.05) is 31.2 Å². The van der Waals surface area contributed by atoms with Gasteiger partial charge in [0, 0.05) is 6.54 Å². The lowest BCUT2D eigenvalue weighted by Crippen LogP contribution is -2.36. The van der Waals surface area contributed by atoms with Crippen molar-refractivity contribution in [1.82, 2.24) is 20.2 Å². The Labute approximate surface area is 135 Å². The van der Waals surface area contributed by atoms with E-state index in [4.69, 9.17) is 0 Å². The van der Waals surface area contributed by atoms with Crippen LogP contribution < -0.4 is 10.0 Å². The fraction of sp³-hybridized carbons (Fsp3) is 0.333. The van der Waals surface area contributed by atoms with Crippen LogP contribution in [0.3, 0.4) is 0 Å². The molecule has 0 fully saturated rings. The molecule has 1 heterocycles. The van der Waals surface area contributed by atoms with Crippen molar-refractivity contribution in [2.45, 2.75) is 32.2 Å². The predicted molar refractivity (Wildman–Crippen MR) is 86.3 cm³/mol. The monoisotopic (exact) mass is 336 g/mol. The van der Waals surface area contributed by atoms with Gasteiger partial charge in [-0.2, -0.15) is 5.10 Å². The molecule has 124 valence electrons. The zero-order valence-electron chi connectivity index (χ0n) is 13.3. The van der Waals surface area contributed by atoms with Crippen molar-refractivity contribution in [3.8, 4) is 0 Å². The fourth-order valence-corrected chi connectivity index (χ4v) is 3.49. The van der Waals surface area contributed by atoms with Crippen molar-refractivity contribution in [2.24, 2.45) is 0 Å². The van der Waals surface area contributed by atoms with Crippen LogP contribution in [0.15, 0.2) is 29.2 Å². The summed E-state index contributed by atoms with van der Waals surface area (Å²) in [5.74, 6) is -0.395. The first-order valence-corrected chi connectivity index (χ1v) is 8.61. The number of nitrogens with zero attached hydrogens (tertiary/aromatic N) is 1. The third-order valence-electron chi connectivity index (χ3n) is 3.36. The number of hydrogen-bond acceptors (Lipinski definition) is 4. The highest BCUT2D eigenvalue weighted by Gasteiger charge is 2.22. The maximum Gasteiger partial charge on any atom is 0.244 e. The second kappa shape index (κ2) is 6.93. The van der Waals surface area contributed by atoms with Crippen LogP contribution in [0, 0.1) is 20.8 Å². The van der Waals surface area contributed by atoms with Crippen molar-refractivity contribution in [3.05, 3.63) is 46.8 Å². The molecule has 8 heteroatoms. The maximum atomic E-state index is 12.2. The Bertz CT molecular complexity index is 775. The summed E-state index contributed by atoms with van der Waals surface area (Å²) in [4.78, 5) is 11.9. The van der Waals surface area contributed by atoms with Gasteiger partial charge in [0.2, 0.25) is 15.9 Å². The number of hydrogen-bond donors (Lipinski definition) is 3. The summed E-state index contributed by atoms with van der Waals surface area (Å²) in [5, 5.41) is 9.14. The minimum atomic E-state index is -3.77. The van der Waals surface area contributed by atoms with E-state index in [9.17, 15) is 13.2 Å². The molecule has 0 radical (unpaired) electrons. The van der Waals surface area contributed by atoms with Gasteiger partial charge in [-0.05, 0) is 26.3 Å². The summed E-state index contributed by atoms with van der Waals surface area (Å²) in [6.45, 7) is 5.22. The van der Waals surface area contributed by atoms with Gasteiger partial charge in [-0.3, -0.25) is 9.89 Å². The van der Waals surface area contributed by atoms with Gasteiger partial charge >= 0.3 is 0 Å². The van der Waals surface area contributed by atoms with E-state index in [-0.39, 0.29) is 11.4 Å². The van der Waals surface area contributed by atoms with Gasteiger partial charge in [-0.1, -0.05) is 29.8 Å². The first-order valence-electron chi connectivity index (χ1n) is 7.13. The van der Waals surface area contributed by atoms with E-state index in [1.54, 1.807) is 13.8 Å². The number of aryl methyl sites for hydroxylation is 3. The van der Waals surface area contributed by atoms with E-state index in [0.29, 0.717) is 17.9 Å². The zero-order chi connectivity index (χ0) is 17.0. The summed E-state index contributed by atoms with van der Waals surface area (Å²) in [5.41, 5.74) is 2.90. The standard InChI is InChI=1S/C15H20N4O3S/c1-10-4-6-13(7-5-10)8-16-14(20)9-17-23(21,22)15-11(2)18-19-12(15)3/h4-7,17H,8-9H2,1-3H3,(H,16,20)(H,18,19). The molecule has 0 aliphatic heterocycles. The number of amides is 1. The maximum absolute atomic E-state index is 12.2. The molecule has 1 aromatic carbocycles. The normalized spacial score (nSPS) is 11.4. The molecule has 0 saturated heterocycles. The number of rotatable bonds is 6. The molecule has 3 N–H and O–H groups in total. The van der Waals surface area contributed by atoms with Gasteiger partial charge in [-0.25, -0.2) is 13.1 Å². The minimum Gasteiger partial charge on any atom is -0.351 e. The van der Waals surface area contributed by atoms with Crippen molar-refractivity contribution < 1.29 is 13.2 Å². The lowest BCUT2D eigenvalue weighted by molar-refractivity contribution is -0.120. The molecule has 23 heavy (non-hydrogen) atoms. The minimum absolute atomic E-state index is 0.0869. The first-order chi connectivity index (χ1) is 10.8. The van der Waals surface area contributed by atoms with Crippen molar-refractivity contribution >= 4 is 15.9 Å². The third-order valence-corrected chi connectivity index (χ3v) is 5.03. The van der Waals surface area contributed by atoms with Crippen LogP contribution in [-0.4, -0.2) is 31.1 Å². The molecule has 0 bridgehead atoms. The molecular formula is C15H20N4O3S. The molecule has 0 atom stereocenters. The fourth-order valence-electron chi connectivity index (χ4n) is 2.14. The Morgan fingerprint density at radius 3 is 2.39 bits per heavy atom. The second-order valence-corrected chi connectivity index (χ2v) is 7.05. The van der Waals surface area contributed by atoms with E-state index in [2.05, 4.69) is 20.2 Å². The first kappa shape index (κ1) is 17.2. The van der Waals surface area contributed by atoms with Crippen LogP contribution in [0.25, 0.3) is 0 Å². The Hall–Kier alpha value is -2.19. The molecule has 2 rings (SSSR count). The lowest BCUT2D eigenvalue weighted by Gasteiger charge is -2.08. The highest BCUT2D eigenvalue weighted by atomic mass is 32.2. The van der Waals surface area contributed by atoms with Crippen molar-refractivity contribution in [3.63, 3.8) is 0 Å². The zero-order valence-corrected chi connectivity index (χ0v) is 14.1. The number of aromatic amines is 1. The Kier molecular flexibility index (Phi) is 5.17. The van der Waals surface area contributed by atoms with E-state index >= 15 is 0 Å². The Morgan fingerprint density at radius 2 is 1.83 bits per heavy atom. The molecule has 1 amide bonds. The topological polar surface area (TPSA) is 104 Å². The van der Waals surface area contributed by atoms with E-state index < -0.39 is 15.9 Å². The third kappa shape index (κ3) is 4.40. The molecule has 0 aliphatic rings. The quantitative estimate of drug-likeness (QED) is 0.730. The van der Waals surface area contributed by atoms with E-state index in [0.717, 1.165) is 11.1 Å². The number of nitrogens with one attached hydrogen (secondary N) is 3. The molecule has 7 nitrogen and oxygen atoms in total. The smallest absolute Gasteiger partial charge is 0.244 e. The van der Waals surface area contributed by atoms with Crippen LogP contribution in [-0.2, 0) is 21.4 Å². The SMILES string of the molecule is Cc1ccc(CNC(=O)CNS(=O)(=O)c2c(C)n[nH]c2C)cc1. The van der Waals surface area contributed by atoms with Crippen LogP contribution in [0.1, 0.15) is 22.5 Å². The van der Waals surface area contributed by atoms with Gasteiger partial charge in [0.05, 0.1) is 17.9 Å². The number of benzene rings is 1. The highest BCUT2D eigenvalue weighted by Crippen LogP contribution is 2.15. The van der Waals surface area contributed by atoms with Gasteiger partial charge in [0.25, 0.3) is 0 Å². The van der Waals surface area contributed by atoms with Gasteiger partial charge in [-0.15, -0.1) is 0 Å². The summed E-state index contributed by atoms with van der Waals surface area (Å²) in [6.07, 6.45) is 0. The number of carbonyl (C=O) groups excluding carboxylic acids is 1. The summed E-state index contributed by atoms with van der Waals surface area (Å²) in [6, 6.07) is 7.74. The molecule has 0 saturated carbocycles. The molecule has 1 aromatic heterocycles. The van der Waals surface area contributed by atoms with Gasteiger partial charge in [0.15, 0.2) is 0 Å². The van der Waals surface area contributed by atoms with Crippen molar-refractivity contribution in [2.75, 3.05) is 6.54 Å². The average molecular weight is 336 g/mol. The van der Waals surface area contributed by atoms with Crippen molar-refractivity contribution in [1.29, 1.82) is 0 Å². The lowest BCUT2D eigenvalue weighted by atomic mass is 10.1. The van der Waals surface area contributed by atoms with E-state index in [1.165, 1.54) is 0 Å². The number of sulfonamides is 1. The number of carbonyl (C=O) groups is 1. The van der Waals surface area contributed by atoms with Crippen LogP contribution >= 0.6 is 0 Å². The largest absolute Gasteiger partial charge is 0.351 e. The van der Waals surface area contributed by atoms with Crippen LogP contribution in [0.4, 0.5) is 0 Å². The Balaban J connectivity index is 1.90. The molecule has 2 aromatic rings. The molecule has 0 aliphatic carbocycles. The molecule has 0 spiro atoms.